The van der Waals surface area contributed by atoms with Gasteiger partial charge in [-0.05, 0) is 26.7 Å². The van der Waals surface area contributed by atoms with Gasteiger partial charge in [0, 0.05) is 43.2 Å². The summed E-state index contributed by atoms with van der Waals surface area (Å²) < 4.78 is 0. The molecule has 1 aliphatic heterocycles. The van der Waals surface area contributed by atoms with Crippen molar-refractivity contribution in [1.82, 2.24) is 20.1 Å². The van der Waals surface area contributed by atoms with Crippen LogP contribution in [0.3, 0.4) is 0 Å². The summed E-state index contributed by atoms with van der Waals surface area (Å²) in [4.78, 5) is 33.6. The summed E-state index contributed by atoms with van der Waals surface area (Å²) in [6.45, 7) is 6.66. The highest BCUT2D eigenvalue weighted by Crippen LogP contribution is 2.25. The van der Waals surface area contributed by atoms with E-state index >= 15 is 0 Å². The molecule has 0 bridgehead atoms. The van der Waals surface area contributed by atoms with E-state index in [4.69, 9.17) is 0 Å². The zero-order chi connectivity index (χ0) is 19.7. The number of carbonyl (C=O) groups is 2. The van der Waals surface area contributed by atoms with Crippen LogP contribution in [0.4, 0.5) is 0 Å². The number of carbonyl (C=O) groups excluding carboxylic acids is 2. The average Bonchev–Trinajstić information content (AvgIpc) is 3.39. The molecule has 1 saturated heterocycles. The Kier molecular flexibility index (Phi) is 5.46. The maximum atomic E-state index is 12.8. The Hall–Kier alpha value is -2.25. The molecule has 1 atom stereocenters. The van der Waals surface area contributed by atoms with Crippen molar-refractivity contribution in [2.75, 3.05) is 26.2 Å². The van der Waals surface area contributed by atoms with E-state index in [1.807, 2.05) is 29.3 Å². The lowest BCUT2D eigenvalue weighted by Crippen LogP contribution is -2.55. The van der Waals surface area contributed by atoms with Crippen molar-refractivity contribution in [3.8, 4) is 10.6 Å². The lowest BCUT2D eigenvalue weighted by atomic mass is 10.2. The van der Waals surface area contributed by atoms with Crippen LogP contribution in [0, 0.1) is 6.92 Å². The number of nitrogens with zero attached hydrogens (tertiary/aromatic N) is 3. The smallest absolute Gasteiger partial charge is 0.273 e. The van der Waals surface area contributed by atoms with Gasteiger partial charge in [0.2, 0.25) is 5.91 Å². The molecule has 0 radical (unpaired) electrons. The Morgan fingerprint density at radius 1 is 1.14 bits per heavy atom. The second kappa shape index (κ2) is 8.01. The van der Waals surface area contributed by atoms with Gasteiger partial charge in [-0.2, -0.15) is 0 Å². The minimum atomic E-state index is -0.148. The molecule has 2 fully saturated rings. The number of amides is 2. The van der Waals surface area contributed by atoms with Gasteiger partial charge < -0.3 is 10.2 Å². The maximum absolute atomic E-state index is 12.8. The zero-order valence-corrected chi connectivity index (χ0v) is 17.2. The maximum Gasteiger partial charge on any atom is 0.273 e. The molecule has 1 aliphatic carbocycles. The molecule has 1 N–H and O–H groups in total. The van der Waals surface area contributed by atoms with Crippen molar-refractivity contribution in [2.45, 2.75) is 38.8 Å². The fourth-order valence-corrected chi connectivity index (χ4v) is 4.19. The Bertz CT molecular complexity index is 852. The minimum absolute atomic E-state index is 0.0238. The molecule has 7 heteroatoms. The number of hydrogen-bond donors (Lipinski definition) is 1. The molecule has 2 heterocycles. The minimum Gasteiger partial charge on any atom is -0.352 e. The Labute approximate surface area is 169 Å². The molecule has 1 aromatic heterocycles. The predicted molar refractivity (Wildman–Crippen MR) is 110 cm³/mol. The number of piperazine rings is 1. The van der Waals surface area contributed by atoms with Crippen molar-refractivity contribution in [2.24, 2.45) is 0 Å². The standard InChI is InChI=1S/C21H26N4O2S/c1-14-3-5-16(6-4-14)20-23-18(13-28-20)21(27)25-11-9-24(10-12-25)15(2)19(26)22-17-7-8-17/h3-6,13,15,17H,7-12H2,1-2H3,(H,22,26). The topological polar surface area (TPSA) is 65.5 Å². The first-order valence-electron chi connectivity index (χ1n) is 9.87. The fourth-order valence-electron chi connectivity index (χ4n) is 3.39. The quantitative estimate of drug-likeness (QED) is 0.841. The number of nitrogens with one attached hydrogen (secondary N) is 1. The Morgan fingerprint density at radius 3 is 2.46 bits per heavy atom. The fraction of sp³-hybridized carbons (Fsp3) is 0.476. The number of hydrogen-bond acceptors (Lipinski definition) is 5. The SMILES string of the molecule is Cc1ccc(-c2nc(C(=O)N3CCN(C(C)C(=O)NC4CC4)CC3)cs2)cc1. The van der Waals surface area contributed by atoms with E-state index in [0.29, 0.717) is 37.9 Å². The van der Waals surface area contributed by atoms with E-state index in [-0.39, 0.29) is 17.9 Å². The molecule has 0 spiro atoms. The summed E-state index contributed by atoms with van der Waals surface area (Å²) in [5.74, 6) is 0.0777. The van der Waals surface area contributed by atoms with Crippen molar-refractivity contribution < 1.29 is 9.59 Å². The van der Waals surface area contributed by atoms with Crippen LogP contribution in [0.25, 0.3) is 10.6 Å². The number of aromatic nitrogens is 1. The van der Waals surface area contributed by atoms with Crippen LogP contribution in [-0.2, 0) is 4.79 Å². The highest BCUT2D eigenvalue weighted by atomic mass is 32.1. The van der Waals surface area contributed by atoms with Crippen molar-refractivity contribution in [1.29, 1.82) is 0 Å². The van der Waals surface area contributed by atoms with Crippen LogP contribution in [0.5, 0.6) is 0 Å². The number of benzene rings is 1. The van der Waals surface area contributed by atoms with Gasteiger partial charge in [-0.1, -0.05) is 29.8 Å². The van der Waals surface area contributed by atoms with Gasteiger partial charge in [-0.25, -0.2) is 4.98 Å². The van der Waals surface area contributed by atoms with Crippen LogP contribution < -0.4 is 5.32 Å². The van der Waals surface area contributed by atoms with Crippen LogP contribution >= 0.6 is 11.3 Å². The number of rotatable bonds is 5. The van der Waals surface area contributed by atoms with Crippen LogP contribution in [0.15, 0.2) is 29.6 Å². The first kappa shape index (κ1) is 19.1. The van der Waals surface area contributed by atoms with Crippen LogP contribution in [0.1, 0.15) is 35.8 Å². The highest BCUT2D eigenvalue weighted by molar-refractivity contribution is 7.13. The monoisotopic (exact) mass is 398 g/mol. The molecular weight excluding hydrogens is 372 g/mol. The Morgan fingerprint density at radius 2 is 1.82 bits per heavy atom. The highest BCUT2D eigenvalue weighted by Gasteiger charge is 2.31. The summed E-state index contributed by atoms with van der Waals surface area (Å²) in [5, 5.41) is 5.77. The van der Waals surface area contributed by atoms with Gasteiger partial charge in [0.05, 0.1) is 6.04 Å². The second-order valence-corrected chi connectivity index (χ2v) is 8.55. The molecule has 1 saturated carbocycles. The van der Waals surface area contributed by atoms with Gasteiger partial charge in [0.1, 0.15) is 10.7 Å². The normalized spacial score (nSPS) is 18.7. The van der Waals surface area contributed by atoms with E-state index < -0.39 is 0 Å². The second-order valence-electron chi connectivity index (χ2n) is 7.69. The molecule has 2 aromatic rings. The summed E-state index contributed by atoms with van der Waals surface area (Å²) in [6, 6.07) is 8.41. The van der Waals surface area contributed by atoms with Gasteiger partial charge >= 0.3 is 0 Å². The zero-order valence-electron chi connectivity index (χ0n) is 16.4. The summed E-state index contributed by atoms with van der Waals surface area (Å²) in [5.41, 5.74) is 2.75. The number of aryl methyl sites for hydroxylation is 1. The van der Waals surface area contributed by atoms with E-state index in [9.17, 15) is 9.59 Å². The van der Waals surface area contributed by atoms with Crippen LogP contribution in [-0.4, -0.2) is 64.9 Å². The van der Waals surface area contributed by atoms with Gasteiger partial charge in [0.25, 0.3) is 5.91 Å². The van der Waals surface area contributed by atoms with E-state index in [2.05, 4.69) is 34.3 Å². The first-order chi connectivity index (χ1) is 13.5. The van der Waals surface area contributed by atoms with Crippen molar-refractivity contribution >= 4 is 23.2 Å². The third-order valence-corrected chi connectivity index (χ3v) is 6.37. The molecule has 6 nitrogen and oxygen atoms in total. The third kappa shape index (κ3) is 4.25. The Balaban J connectivity index is 1.33. The van der Waals surface area contributed by atoms with Gasteiger partial charge in [-0.3, -0.25) is 14.5 Å². The molecule has 2 amide bonds. The van der Waals surface area contributed by atoms with Gasteiger partial charge in [0.15, 0.2) is 0 Å². The molecule has 4 rings (SSSR count). The lowest BCUT2D eigenvalue weighted by molar-refractivity contribution is -0.126. The summed E-state index contributed by atoms with van der Waals surface area (Å²) in [7, 11) is 0. The molecular formula is C21H26N4O2S. The van der Waals surface area contributed by atoms with Gasteiger partial charge in [-0.15, -0.1) is 11.3 Å². The molecule has 28 heavy (non-hydrogen) atoms. The van der Waals surface area contributed by atoms with Crippen LogP contribution in [0.2, 0.25) is 0 Å². The molecule has 1 unspecified atom stereocenters. The van der Waals surface area contributed by atoms with E-state index in [1.54, 1.807) is 0 Å². The van der Waals surface area contributed by atoms with Crippen molar-refractivity contribution in [3.05, 3.63) is 40.9 Å². The third-order valence-electron chi connectivity index (χ3n) is 5.47. The van der Waals surface area contributed by atoms with Crippen molar-refractivity contribution in [3.63, 3.8) is 0 Å². The molecule has 148 valence electrons. The lowest BCUT2D eigenvalue weighted by Gasteiger charge is -2.37. The predicted octanol–water partition coefficient (Wildman–Crippen LogP) is 2.54. The largest absolute Gasteiger partial charge is 0.352 e. The first-order valence-corrected chi connectivity index (χ1v) is 10.8. The molecule has 2 aliphatic rings. The number of thiazole rings is 1. The molecule has 1 aromatic carbocycles. The van der Waals surface area contributed by atoms with E-state index in [0.717, 1.165) is 23.4 Å². The summed E-state index contributed by atoms with van der Waals surface area (Å²) in [6.07, 6.45) is 2.19. The average molecular weight is 399 g/mol. The van der Waals surface area contributed by atoms with E-state index in [1.165, 1.54) is 16.9 Å². The summed E-state index contributed by atoms with van der Waals surface area (Å²) >= 11 is 1.50.